The first-order valence-electron chi connectivity index (χ1n) is 4.76. The minimum atomic E-state index is -0.936. The minimum Gasteiger partial charge on any atom is -0.448 e. The summed E-state index contributed by atoms with van der Waals surface area (Å²) in [6, 6.07) is 3.67. The first kappa shape index (κ1) is 12.8. The summed E-state index contributed by atoms with van der Waals surface area (Å²) >= 11 is 0. The van der Waals surface area contributed by atoms with Gasteiger partial charge in [-0.05, 0) is 18.2 Å². The second kappa shape index (κ2) is 5.69. The van der Waals surface area contributed by atoms with Gasteiger partial charge in [-0.2, -0.15) is 0 Å². The van der Waals surface area contributed by atoms with Gasteiger partial charge in [0.2, 0.25) is 0 Å². The zero-order chi connectivity index (χ0) is 12.8. The molecule has 7 heteroatoms. The summed E-state index contributed by atoms with van der Waals surface area (Å²) in [6.07, 6.45) is -0.936. The molecule has 1 aromatic rings. The highest BCUT2D eigenvalue weighted by Gasteiger charge is 2.11. The number of hydrogen-bond donors (Lipinski definition) is 3. The molecule has 0 saturated heterocycles. The topological polar surface area (TPSA) is 107 Å². The van der Waals surface area contributed by atoms with E-state index in [1.165, 1.54) is 12.1 Å². The van der Waals surface area contributed by atoms with Crippen molar-refractivity contribution in [1.82, 2.24) is 5.32 Å². The van der Waals surface area contributed by atoms with Gasteiger partial charge in [0, 0.05) is 5.69 Å². The lowest BCUT2D eigenvalue weighted by Crippen LogP contribution is -2.29. The Morgan fingerprint density at radius 3 is 2.76 bits per heavy atom. The SMILES string of the molecule is NC(=O)OCCNC(=O)c1cc(N)ccc1F. The van der Waals surface area contributed by atoms with Gasteiger partial charge in [0.25, 0.3) is 5.91 Å². The lowest BCUT2D eigenvalue weighted by Gasteiger charge is -2.06. The van der Waals surface area contributed by atoms with Crippen LogP contribution in [0.3, 0.4) is 0 Å². The molecule has 0 aliphatic carbocycles. The van der Waals surface area contributed by atoms with Crippen LogP contribution in [0, 0.1) is 5.82 Å². The fraction of sp³-hybridized carbons (Fsp3) is 0.200. The molecule has 1 aromatic carbocycles. The zero-order valence-electron chi connectivity index (χ0n) is 8.90. The third-order valence-electron chi connectivity index (χ3n) is 1.87. The fourth-order valence-electron chi connectivity index (χ4n) is 1.13. The van der Waals surface area contributed by atoms with Gasteiger partial charge in [-0.15, -0.1) is 0 Å². The van der Waals surface area contributed by atoms with E-state index in [1.807, 2.05) is 0 Å². The Hall–Kier alpha value is -2.31. The quantitative estimate of drug-likeness (QED) is 0.518. The Morgan fingerprint density at radius 1 is 1.41 bits per heavy atom. The van der Waals surface area contributed by atoms with Gasteiger partial charge in [-0.1, -0.05) is 0 Å². The lowest BCUT2D eigenvalue weighted by molar-refractivity contribution is 0.0933. The molecule has 17 heavy (non-hydrogen) atoms. The van der Waals surface area contributed by atoms with Gasteiger partial charge >= 0.3 is 6.09 Å². The molecule has 0 bridgehead atoms. The molecule has 0 aliphatic rings. The Labute approximate surface area is 96.7 Å². The van der Waals surface area contributed by atoms with E-state index < -0.39 is 17.8 Å². The smallest absolute Gasteiger partial charge is 0.404 e. The second-order valence-electron chi connectivity index (χ2n) is 3.16. The average molecular weight is 241 g/mol. The number of halogens is 1. The van der Waals surface area contributed by atoms with Crippen LogP contribution >= 0.6 is 0 Å². The van der Waals surface area contributed by atoms with Crippen LogP contribution in [0.1, 0.15) is 10.4 Å². The average Bonchev–Trinajstić information content (AvgIpc) is 2.27. The molecule has 0 radical (unpaired) electrons. The Balaban J connectivity index is 2.52. The number of rotatable bonds is 4. The number of nitrogens with two attached hydrogens (primary N) is 2. The van der Waals surface area contributed by atoms with E-state index in [9.17, 15) is 14.0 Å². The first-order valence-corrected chi connectivity index (χ1v) is 4.76. The van der Waals surface area contributed by atoms with E-state index in [-0.39, 0.29) is 24.4 Å². The zero-order valence-corrected chi connectivity index (χ0v) is 8.90. The van der Waals surface area contributed by atoms with Crippen LogP contribution in [0.5, 0.6) is 0 Å². The largest absolute Gasteiger partial charge is 0.448 e. The normalized spacial score (nSPS) is 9.71. The molecule has 6 nitrogen and oxygen atoms in total. The van der Waals surface area contributed by atoms with E-state index >= 15 is 0 Å². The fourth-order valence-corrected chi connectivity index (χ4v) is 1.13. The molecule has 1 rings (SSSR count). The molecule has 0 aliphatic heterocycles. The minimum absolute atomic E-state index is 0.0377. The molecule has 0 fully saturated rings. The highest BCUT2D eigenvalue weighted by molar-refractivity contribution is 5.95. The van der Waals surface area contributed by atoms with Crippen LogP contribution in [0.15, 0.2) is 18.2 Å². The van der Waals surface area contributed by atoms with Crippen LogP contribution in [-0.2, 0) is 4.74 Å². The molecule has 0 unspecified atom stereocenters. The molecule has 5 N–H and O–H groups in total. The summed E-state index contributed by atoms with van der Waals surface area (Å²) in [6.45, 7) is -0.0407. The van der Waals surface area contributed by atoms with E-state index in [0.29, 0.717) is 0 Å². The monoisotopic (exact) mass is 241 g/mol. The van der Waals surface area contributed by atoms with Gasteiger partial charge in [-0.25, -0.2) is 9.18 Å². The maximum Gasteiger partial charge on any atom is 0.404 e. The second-order valence-corrected chi connectivity index (χ2v) is 3.16. The van der Waals surface area contributed by atoms with Crippen LogP contribution in [0.2, 0.25) is 0 Å². The van der Waals surface area contributed by atoms with Crippen molar-refractivity contribution in [1.29, 1.82) is 0 Å². The maximum absolute atomic E-state index is 13.2. The Bertz CT molecular complexity index is 437. The molecular formula is C10H12FN3O3. The number of carbonyl (C=O) groups is 2. The molecule has 0 heterocycles. The summed E-state index contributed by atoms with van der Waals surface area (Å²) in [5.74, 6) is -1.31. The maximum atomic E-state index is 13.2. The standard InChI is InChI=1S/C10H12FN3O3/c11-8-2-1-6(12)5-7(8)9(15)14-3-4-17-10(13)16/h1-2,5H,3-4,12H2,(H2,13,16)(H,14,15). The Kier molecular flexibility index (Phi) is 4.27. The molecular weight excluding hydrogens is 229 g/mol. The van der Waals surface area contributed by atoms with E-state index in [1.54, 1.807) is 0 Å². The van der Waals surface area contributed by atoms with Crippen molar-refractivity contribution >= 4 is 17.7 Å². The third kappa shape index (κ3) is 3.98. The molecule has 0 atom stereocenters. The molecule has 0 aromatic heterocycles. The number of benzene rings is 1. The number of hydrogen-bond acceptors (Lipinski definition) is 4. The van der Waals surface area contributed by atoms with Crippen molar-refractivity contribution in [2.45, 2.75) is 0 Å². The number of amides is 2. The lowest BCUT2D eigenvalue weighted by atomic mass is 10.2. The van der Waals surface area contributed by atoms with Gasteiger partial charge in [0.05, 0.1) is 12.1 Å². The van der Waals surface area contributed by atoms with Crippen molar-refractivity contribution < 1.29 is 18.7 Å². The summed E-state index contributed by atoms with van der Waals surface area (Å²) in [5, 5.41) is 2.36. The van der Waals surface area contributed by atoms with Gasteiger partial charge in [0.1, 0.15) is 12.4 Å². The van der Waals surface area contributed by atoms with Crippen LogP contribution in [0.25, 0.3) is 0 Å². The molecule has 2 amide bonds. The van der Waals surface area contributed by atoms with Crippen molar-refractivity contribution in [3.05, 3.63) is 29.6 Å². The van der Waals surface area contributed by atoms with Crippen LogP contribution in [0.4, 0.5) is 14.9 Å². The predicted octanol–water partition coefficient (Wildman–Crippen LogP) is 0.233. The van der Waals surface area contributed by atoms with Crippen molar-refractivity contribution in [2.24, 2.45) is 5.73 Å². The highest BCUT2D eigenvalue weighted by Crippen LogP contribution is 2.11. The number of ether oxygens (including phenoxy) is 1. The molecule has 0 saturated carbocycles. The number of anilines is 1. The highest BCUT2D eigenvalue weighted by atomic mass is 19.1. The summed E-state index contributed by atoms with van der Waals surface area (Å²) < 4.78 is 17.6. The Morgan fingerprint density at radius 2 is 2.12 bits per heavy atom. The van der Waals surface area contributed by atoms with E-state index in [4.69, 9.17) is 11.5 Å². The van der Waals surface area contributed by atoms with E-state index in [2.05, 4.69) is 10.1 Å². The predicted molar refractivity (Wildman–Crippen MR) is 58.7 cm³/mol. The number of carbonyl (C=O) groups excluding carboxylic acids is 2. The third-order valence-corrected chi connectivity index (χ3v) is 1.87. The van der Waals surface area contributed by atoms with Crippen molar-refractivity contribution in [3.8, 4) is 0 Å². The van der Waals surface area contributed by atoms with Gasteiger partial charge in [0.15, 0.2) is 0 Å². The van der Waals surface area contributed by atoms with Crippen LogP contribution in [-0.4, -0.2) is 25.2 Å². The summed E-state index contributed by atoms with van der Waals surface area (Å²) in [5.41, 5.74) is 10.3. The van der Waals surface area contributed by atoms with E-state index in [0.717, 1.165) is 6.07 Å². The molecule has 0 spiro atoms. The van der Waals surface area contributed by atoms with Crippen molar-refractivity contribution in [2.75, 3.05) is 18.9 Å². The van der Waals surface area contributed by atoms with Crippen LogP contribution < -0.4 is 16.8 Å². The van der Waals surface area contributed by atoms with Gasteiger partial charge in [-0.3, -0.25) is 4.79 Å². The number of nitrogen functional groups attached to an aromatic ring is 1. The number of nitrogens with one attached hydrogen (secondary N) is 1. The summed E-state index contributed by atoms with van der Waals surface area (Å²) in [7, 11) is 0. The van der Waals surface area contributed by atoms with Gasteiger partial charge < -0.3 is 21.5 Å². The molecule has 92 valence electrons. The summed E-state index contributed by atoms with van der Waals surface area (Å²) in [4.78, 5) is 21.7. The van der Waals surface area contributed by atoms with Crippen molar-refractivity contribution in [3.63, 3.8) is 0 Å². The number of primary amides is 1. The first-order chi connectivity index (χ1) is 8.00.